The van der Waals surface area contributed by atoms with Crippen LogP contribution in [0.2, 0.25) is 5.02 Å². The summed E-state index contributed by atoms with van der Waals surface area (Å²) in [7, 11) is 0. The van der Waals surface area contributed by atoms with E-state index in [1.807, 2.05) is 29.2 Å². The van der Waals surface area contributed by atoms with Gasteiger partial charge in [0.05, 0.1) is 5.41 Å². The molecule has 1 aromatic carbocycles. The molecule has 0 bridgehead atoms. The van der Waals surface area contributed by atoms with Crippen LogP contribution in [-0.4, -0.2) is 29.9 Å². The first-order chi connectivity index (χ1) is 8.62. The summed E-state index contributed by atoms with van der Waals surface area (Å²) in [5, 5.41) is 0.713. The normalized spacial score (nSPS) is 23.9. The van der Waals surface area contributed by atoms with Gasteiger partial charge in [-0.2, -0.15) is 0 Å². The van der Waals surface area contributed by atoms with Gasteiger partial charge in [-0.05, 0) is 37.0 Å². The summed E-state index contributed by atoms with van der Waals surface area (Å²) in [5.41, 5.74) is 6.69. The maximum Gasteiger partial charge on any atom is 0.233 e. The van der Waals surface area contributed by atoms with Gasteiger partial charge in [-0.3, -0.25) is 4.79 Å². The van der Waals surface area contributed by atoms with E-state index in [0.717, 1.165) is 31.4 Å². The Balaban J connectivity index is 0.00000133. The molecule has 1 aliphatic carbocycles. The summed E-state index contributed by atoms with van der Waals surface area (Å²) in [6.07, 6.45) is 2.81. The molecule has 3 rings (SSSR count). The van der Waals surface area contributed by atoms with Gasteiger partial charge in [0, 0.05) is 24.2 Å². The van der Waals surface area contributed by atoms with Crippen molar-refractivity contribution in [2.75, 3.05) is 13.1 Å². The van der Waals surface area contributed by atoms with Crippen molar-refractivity contribution in [3.05, 3.63) is 34.9 Å². The molecule has 19 heavy (non-hydrogen) atoms. The fraction of sp³-hybridized carbons (Fsp3) is 0.500. The first kappa shape index (κ1) is 14.6. The summed E-state index contributed by atoms with van der Waals surface area (Å²) < 4.78 is 0. The van der Waals surface area contributed by atoms with E-state index >= 15 is 0 Å². The summed E-state index contributed by atoms with van der Waals surface area (Å²) in [6.45, 7) is 1.50. The molecule has 0 unspecified atom stereocenters. The zero-order valence-electron chi connectivity index (χ0n) is 10.6. The topological polar surface area (TPSA) is 46.3 Å². The number of benzene rings is 1. The molecule has 104 valence electrons. The van der Waals surface area contributed by atoms with Crippen LogP contribution < -0.4 is 5.73 Å². The van der Waals surface area contributed by atoms with Crippen LogP contribution in [0.5, 0.6) is 0 Å². The van der Waals surface area contributed by atoms with E-state index in [2.05, 4.69) is 0 Å². The van der Waals surface area contributed by atoms with Crippen molar-refractivity contribution in [3.8, 4) is 0 Å². The lowest BCUT2D eigenvalue weighted by Crippen LogP contribution is -2.39. The lowest BCUT2D eigenvalue weighted by Gasteiger charge is -2.23. The predicted octanol–water partition coefficient (Wildman–Crippen LogP) is 2.35. The average molecular weight is 301 g/mol. The van der Waals surface area contributed by atoms with Gasteiger partial charge in [-0.1, -0.05) is 23.7 Å². The highest BCUT2D eigenvalue weighted by Gasteiger charge is 2.53. The van der Waals surface area contributed by atoms with Crippen LogP contribution in [0.3, 0.4) is 0 Å². The Morgan fingerprint density at radius 1 is 1.32 bits per heavy atom. The predicted molar refractivity (Wildman–Crippen MR) is 78.8 cm³/mol. The summed E-state index contributed by atoms with van der Waals surface area (Å²) in [5.74, 6) is 0.248. The summed E-state index contributed by atoms with van der Waals surface area (Å²) >= 11 is 5.90. The smallest absolute Gasteiger partial charge is 0.233 e. The van der Waals surface area contributed by atoms with Gasteiger partial charge in [-0.15, -0.1) is 12.4 Å². The van der Waals surface area contributed by atoms with Gasteiger partial charge in [-0.25, -0.2) is 0 Å². The third kappa shape index (κ3) is 2.60. The van der Waals surface area contributed by atoms with Crippen LogP contribution in [0.25, 0.3) is 0 Å². The quantitative estimate of drug-likeness (QED) is 0.911. The fourth-order valence-electron chi connectivity index (χ4n) is 2.79. The van der Waals surface area contributed by atoms with E-state index in [9.17, 15) is 4.79 Å². The number of nitrogens with zero attached hydrogens (tertiary/aromatic N) is 1. The van der Waals surface area contributed by atoms with Crippen molar-refractivity contribution < 1.29 is 4.79 Å². The Bertz CT molecular complexity index is 471. The second-order valence-corrected chi connectivity index (χ2v) is 5.83. The zero-order chi connectivity index (χ0) is 12.8. The lowest BCUT2D eigenvalue weighted by molar-refractivity contribution is -0.132. The molecule has 0 radical (unpaired) electrons. The van der Waals surface area contributed by atoms with E-state index in [4.69, 9.17) is 17.3 Å². The second-order valence-electron chi connectivity index (χ2n) is 5.39. The molecule has 2 fully saturated rings. The Labute approximate surface area is 124 Å². The first-order valence-electron chi connectivity index (χ1n) is 6.43. The van der Waals surface area contributed by atoms with Crippen molar-refractivity contribution in [1.82, 2.24) is 4.90 Å². The number of likely N-dealkylation sites (tertiary alicyclic amines) is 1. The van der Waals surface area contributed by atoms with Crippen LogP contribution in [-0.2, 0) is 10.2 Å². The number of nitrogens with two attached hydrogens (primary N) is 1. The fourth-order valence-corrected chi connectivity index (χ4v) is 2.92. The standard InChI is InChI=1S/C14H17ClN2O.ClH/c15-11-3-1-10(2-4-11)14(6-7-14)13(18)17-8-5-12(16)9-17;/h1-4,12H,5-9,16H2;1H/t12-;/m1./s1. The molecule has 0 spiro atoms. The van der Waals surface area contributed by atoms with Crippen LogP contribution in [0.15, 0.2) is 24.3 Å². The molecule has 1 aromatic rings. The van der Waals surface area contributed by atoms with Gasteiger partial charge in [0.1, 0.15) is 0 Å². The number of hydrogen-bond donors (Lipinski definition) is 1. The van der Waals surface area contributed by atoms with Crippen molar-refractivity contribution >= 4 is 29.9 Å². The van der Waals surface area contributed by atoms with E-state index < -0.39 is 0 Å². The minimum Gasteiger partial charge on any atom is -0.340 e. The first-order valence-corrected chi connectivity index (χ1v) is 6.81. The molecular weight excluding hydrogens is 283 g/mol. The SMILES string of the molecule is Cl.N[C@@H]1CCN(C(=O)C2(c3ccc(Cl)cc3)CC2)C1. The maximum absolute atomic E-state index is 12.6. The summed E-state index contributed by atoms with van der Waals surface area (Å²) in [4.78, 5) is 14.5. The Hall–Kier alpha value is -0.770. The van der Waals surface area contributed by atoms with Crippen LogP contribution in [0.4, 0.5) is 0 Å². The van der Waals surface area contributed by atoms with Crippen molar-refractivity contribution in [3.63, 3.8) is 0 Å². The number of amides is 1. The molecule has 3 nitrogen and oxygen atoms in total. The van der Waals surface area contributed by atoms with Crippen LogP contribution in [0.1, 0.15) is 24.8 Å². The van der Waals surface area contributed by atoms with Gasteiger partial charge in [0.15, 0.2) is 0 Å². The van der Waals surface area contributed by atoms with E-state index in [0.29, 0.717) is 11.6 Å². The molecule has 1 saturated heterocycles. The molecule has 1 amide bonds. The van der Waals surface area contributed by atoms with Crippen LogP contribution in [0, 0.1) is 0 Å². The minimum atomic E-state index is -0.283. The third-order valence-electron chi connectivity index (χ3n) is 4.07. The van der Waals surface area contributed by atoms with E-state index in [-0.39, 0.29) is 29.8 Å². The average Bonchev–Trinajstić information content (AvgIpc) is 3.06. The highest BCUT2D eigenvalue weighted by molar-refractivity contribution is 6.30. The van der Waals surface area contributed by atoms with Crippen molar-refractivity contribution in [1.29, 1.82) is 0 Å². The van der Waals surface area contributed by atoms with Gasteiger partial charge in [0.25, 0.3) is 0 Å². The number of rotatable bonds is 2. The zero-order valence-corrected chi connectivity index (χ0v) is 12.2. The number of carbonyl (C=O) groups excluding carboxylic acids is 1. The van der Waals surface area contributed by atoms with Gasteiger partial charge >= 0.3 is 0 Å². The molecule has 1 aliphatic heterocycles. The van der Waals surface area contributed by atoms with Crippen LogP contribution >= 0.6 is 24.0 Å². The Morgan fingerprint density at radius 2 is 1.95 bits per heavy atom. The lowest BCUT2D eigenvalue weighted by atomic mass is 9.94. The minimum absolute atomic E-state index is 0. The largest absolute Gasteiger partial charge is 0.340 e. The molecular formula is C14H18Cl2N2O. The third-order valence-corrected chi connectivity index (χ3v) is 4.32. The van der Waals surface area contributed by atoms with Crippen molar-refractivity contribution in [2.24, 2.45) is 5.73 Å². The van der Waals surface area contributed by atoms with Crippen molar-refractivity contribution in [2.45, 2.75) is 30.7 Å². The van der Waals surface area contributed by atoms with E-state index in [1.54, 1.807) is 0 Å². The molecule has 1 heterocycles. The number of halogens is 2. The van der Waals surface area contributed by atoms with E-state index in [1.165, 1.54) is 0 Å². The molecule has 1 saturated carbocycles. The second kappa shape index (κ2) is 5.31. The number of hydrogen-bond acceptors (Lipinski definition) is 2. The van der Waals surface area contributed by atoms with Gasteiger partial charge in [0.2, 0.25) is 5.91 Å². The molecule has 2 N–H and O–H groups in total. The highest BCUT2D eigenvalue weighted by Crippen LogP contribution is 2.50. The Morgan fingerprint density at radius 3 is 2.42 bits per heavy atom. The highest BCUT2D eigenvalue weighted by atomic mass is 35.5. The molecule has 2 aliphatic rings. The Kier molecular flexibility index (Phi) is 4.09. The molecule has 5 heteroatoms. The summed E-state index contributed by atoms with van der Waals surface area (Å²) in [6, 6.07) is 7.82. The monoisotopic (exact) mass is 300 g/mol. The maximum atomic E-state index is 12.6. The molecule has 0 aromatic heterocycles. The molecule has 1 atom stereocenters. The number of carbonyl (C=O) groups is 1. The van der Waals surface area contributed by atoms with Gasteiger partial charge < -0.3 is 10.6 Å².